The number of sulfonamides is 1. The summed E-state index contributed by atoms with van der Waals surface area (Å²) < 4.78 is 27.1. The van der Waals surface area contributed by atoms with Crippen molar-refractivity contribution in [1.82, 2.24) is 4.31 Å². The highest BCUT2D eigenvalue weighted by Gasteiger charge is 2.78. The van der Waals surface area contributed by atoms with Gasteiger partial charge in [-0.1, -0.05) is 19.9 Å². The third-order valence-electron chi connectivity index (χ3n) is 5.45. The lowest BCUT2D eigenvalue weighted by molar-refractivity contribution is -0.384. The lowest BCUT2D eigenvalue weighted by Gasteiger charge is -2.64. The topological polar surface area (TPSA) is 155 Å². The average molecular weight is 412 g/mol. The predicted octanol–water partition coefficient (Wildman–Crippen LogP) is 1.87. The highest BCUT2D eigenvalue weighted by Crippen LogP contribution is 2.57. The fourth-order valence-corrected chi connectivity index (χ4v) is 6.29. The second-order valence-electron chi connectivity index (χ2n) is 6.42. The molecule has 0 radical (unpaired) electrons. The van der Waals surface area contributed by atoms with Crippen molar-refractivity contribution in [3.63, 3.8) is 0 Å². The predicted molar refractivity (Wildman–Crippen MR) is 97.1 cm³/mol. The zero-order chi connectivity index (χ0) is 21.5. The van der Waals surface area contributed by atoms with Gasteiger partial charge in [-0.25, -0.2) is 18.0 Å². The number of nitrogens with zero attached hydrogens (tertiary/aromatic N) is 2. The maximum atomic E-state index is 13.3. The summed E-state index contributed by atoms with van der Waals surface area (Å²) in [6.45, 7) is 6.79. The van der Waals surface area contributed by atoms with Crippen molar-refractivity contribution in [1.29, 1.82) is 0 Å². The standard InChI is InChI=1S/C17H20N2O8S/c1-4-13-16(5-2,6-3)19(17(13,14(20)21)15(22)23)28(26,27)12-9-7-11(8-10-12)18(24)25/h4,7-10,13H,1,5-6H2,2-3H3,(H,20,21)(H,22,23). The molecule has 1 aromatic rings. The van der Waals surface area contributed by atoms with Gasteiger partial charge in [0, 0.05) is 23.6 Å². The maximum absolute atomic E-state index is 13.3. The van der Waals surface area contributed by atoms with Crippen LogP contribution in [0.4, 0.5) is 5.69 Å². The third kappa shape index (κ3) is 2.53. The van der Waals surface area contributed by atoms with Crippen molar-refractivity contribution < 1.29 is 33.1 Å². The highest BCUT2D eigenvalue weighted by molar-refractivity contribution is 7.89. The number of hydrogen-bond donors (Lipinski definition) is 2. The Hall–Kier alpha value is -2.79. The molecule has 152 valence electrons. The molecule has 10 nitrogen and oxygen atoms in total. The van der Waals surface area contributed by atoms with E-state index in [2.05, 4.69) is 6.58 Å². The summed E-state index contributed by atoms with van der Waals surface area (Å²) in [7, 11) is -4.62. The lowest BCUT2D eigenvalue weighted by atomic mass is 9.59. The summed E-state index contributed by atoms with van der Waals surface area (Å²) >= 11 is 0. The first-order chi connectivity index (χ1) is 13.0. The SMILES string of the molecule is C=CC1C(CC)(CC)N(S(=O)(=O)c2ccc([N+](=O)[O-])cc2)C1(C(=O)O)C(=O)O. The Morgan fingerprint density at radius 3 is 2.00 bits per heavy atom. The van der Waals surface area contributed by atoms with Gasteiger partial charge in [-0.15, -0.1) is 6.58 Å². The van der Waals surface area contributed by atoms with Gasteiger partial charge >= 0.3 is 11.9 Å². The van der Waals surface area contributed by atoms with Gasteiger partial charge in [0.05, 0.1) is 9.82 Å². The van der Waals surface area contributed by atoms with Crippen LogP contribution in [0, 0.1) is 16.0 Å². The Kier molecular flexibility index (Phi) is 5.37. The lowest BCUT2D eigenvalue weighted by Crippen LogP contribution is -2.86. The molecule has 1 fully saturated rings. The van der Waals surface area contributed by atoms with Crippen molar-refractivity contribution in [2.45, 2.75) is 42.7 Å². The van der Waals surface area contributed by atoms with E-state index in [4.69, 9.17) is 0 Å². The van der Waals surface area contributed by atoms with Crippen molar-refractivity contribution in [2.24, 2.45) is 5.92 Å². The van der Waals surface area contributed by atoms with E-state index in [0.29, 0.717) is 4.31 Å². The normalized spacial score (nSPS) is 20.7. The monoisotopic (exact) mass is 412 g/mol. The molecule has 28 heavy (non-hydrogen) atoms. The molecular weight excluding hydrogens is 392 g/mol. The Bertz CT molecular complexity index is 920. The number of carboxylic acids is 2. The first-order valence-corrected chi connectivity index (χ1v) is 9.81. The van der Waals surface area contributed by atoms with Gasteiger partial charge < -0.3 is 10.2 Å². The number of hydrogen-bond acceptors (Lipinski definition) is 6. The van der Waals surface area contributed by atoms with Gasteiger partial charge in [0.15, 0.2) is 0 Å². The zero-order valence-corrected chi connectivity index (χ0v) is 16.0. The van der Waals surface area contributed by atoms with Crippen LogP contribution in [-0.2, 0) is 19.6 Å². The molecule has 1 atom stereocenters. The molecule has 1 saturated heterocycles. The minimum atomic E-state index is -4.62. The molecule has 0 bridgehead atoms. The highest BCUT2D eigenvalue weighted by atomic mass is 32.2. The number of non-ortho nitro benzene ring substituents is 1. The molecule has 2 rings (SSSR count). The second-order valence-corrected chi connectivity index (χ2v) is 8.21. The van der Waals surface area contributed by atoms with Gasteiger partial charge in [-0.05, 0) is 25.0 Å². The molecule has 11 heteroatoms. The van der Waals surface area contributed by atoms with Gasteiger partial charge in [0.1, 0.15) is 0 Å². The van der Waals surface area contributed by atoms with E-state index in [-0.39, 0.29) is 18.5 Å². The van der Waals surface area contributed by atoms with E-state index in [1.807, 2.05) is 0 Å². The summed E-state index contributed by atoms with van der Waals surface area (Å²) in [6.07, 6.45) is 1.46. The van der Waals surface area contributed by atoms with E-state index in [0.717, 1.165) is 30.3 Å². The Morgan fingerprint density at radius 2 is 1.68 bits per heavy atom. The Labute approximate surface area is 161 Å². The van der Waals surface area contributed by atoms with Crippen LogP contribution >= 0.6 is 0 Å². The first-order valence-electron chi connectivity index (χ1n) is 8.37. The van der Waals surface area contributed by atoms with Crippen LogP contribution in [0.15, 0.2) is 41.8 Å². The summed E-state index contributed by atoms with van der Waals surface area (Å²) in [5.41, 5.74) is -4.42. The minimum absolute atomic E-state index is 0.148. The van der Waals surface area contributed by atoms with Crippen LogP contribution in [0.2, 0.25) is 0 Å². The summed E-state index contributed by atoms with van der Waals surface area (Å²) in [5, 5.41) is 30.3. The average Bonchev–Trinajstić information content (AvgIpc) is 2.61. The summed E-state index contributed by atoms with van der Waals surface area (Å²) in [4.78, 5) is 33.7. The van der Waals surface area contributed by atoms with Crippen molar-refractivity contribution in [2.75, 3.05) is 0 Å². The van der Waals surface area contributed by atoms with Crippen LogP contribution in [0.1, 0.15) is 26.7 Å². The first kappa shape index (κ1) is 21.5. The van der Waals surface area contributed by atoms with E-state index < -0.39 is 48.8 Å². The van der Waals surface area contributed by atoms with Crippen LogP contribution in [0.25, 0.3) is 0 Å². The Morgan fingerprint density at radius 1 is 1.21 bits per heavy atom. The number of aliphatic carboxylic acids is 2. The largest absolute Gasteiger partial charge is 0.479 e. The molecule has 2 N–H and O–H groups in total. The molecule has 0 amide bonds. The third-order valence-corrected chi connectivity index (χ3v) is 7.45. The van der Waals surface area contributed by atoms with E-state index in [9.17, 15) is 38.3 Å². The summed E-state index contributed by atoms with van der Waals surface area (Å²) in [5.74, 6) is -4.82. The molecule has 1 aromatic carbocycles. The molecule has 1 heterocycles. The Balaban J connectivity index is 2.78. The molecule has 0 spiro atoms. The minimum Gasteiger partial charge on any atom is -0.479 e. The van der Waals surface area contributed by atoms with Crippen molar-refractivity contribution >= 4 is 27.6 Å². The molecule has 0 aromatic heterocycles. The molecule has 1 aliphatic heterocycles. The number of nitro benzene ring substituents is 1. The number of benzene rings is 1. The molecule has 0 aliphatic carbocycles. The molecule has 1 unspecified atom stereocenters. The maximum Gasteiger partial charge on any atom is 0.337 e. The van der Waals surface area contributed by atoms with E-state index in [1.165, 1.54) is 0 Å². The fraction of sp³-hybridized carbons (Fsp3) is 0.412. The fourth-order valence-electron chi connectivity index (χ4n) is 4.10. The second kappa shape index (κ2) is 6.99. The van der Waals surface area contributed by atoms with Crippen molar-refractivity contribution in [3.05, 3.63) is 47.0 Å². The summed E-state index contributed by atoms with van der Waals surface area (Å²) in [6, 6.07) is 3.83. The van der Waals surface area contributed by atoms with Gasteiger partial charge in [0.2, 0.25) is 15.6 Å². The van der Waals surface area contributed by atoms with Crippen LogP contribution in [0.5, 0.6) is 0 Å². The number of carboxylic acid groups (broad SMARTS) is 2. The number of rotatable bonds is 8. The van der Waals surface area contributed by atoms with E-state index >= 15 is 0 Å². The van der Waals surface area contributed by atoms with Crippen LogP contribution in [-0.4, -0.2) is 50.9 Å². The van der Waals surface area contributed by atoms with Crippen LogP contribution < -0.4 is 0 Å². The van der Waals surface area contributed by atoms with Gasteiger partial charge in [0.25, 0.3) is 5.69 Å². The molecule has 0 saturated carbocycles. The van der Waals surface area contributed by atoms with Crippen molar-refractivity contribution in [3.8, 4) is 0 Å². The number of carbonyl (C=O) groups is 2. The van der Waals surface area contributed by atoms with Gasteiger partial charge in [-0.2, -0.15) is 4.31 Å². The van der Waals surface area contributed by atoms with Crippen LogP contribution in [0.3, 0.4) is 0 Å². The molecule has 1 aliphatic rings. The smallest absolute Gasteiger partial charge is 0.337 e. The molecular formula is C17H20N2O8S. The quantitative estimate of drug-likeness (QED) is 0.284. The zero-order valence-electron chi connectivity index (χ0n) is 15.2. The van der Waals surface area contributed by atoms with Gasteiger partial charge in [-0.3, -0.25) is 10.1 Å². The van der Waals surface area contributed by atoms with E-state index in [1.54, 1.807) is 13.8 Å². The number of nitro groups is 1.